The number of likely N-dealkylation sites (tertiary alicyclic amines) is 1. The van der Waals surface area contributed by atoms with E-state index < -0.39 is 17.4 Å². The van der Waals surface area contributed by atoms with Crippen LogP contribution in [-0.4, -0.2) is 23.1 Å². The summed E-state index contributed by atoms with van der Waals surface area (Å²) in [7, 11) is 0. The molecule has 3 nitrogen and oxygen atoms in total. The first-order valence-electron chi connectivity index (χ1n) is 7.87. The van der Waals surface area contributed by atoms with Gasteiger partial charge in [0.25, 0.3) is 0 Å². The summed E-state index contributed by atoms with van der Waals surface area (Å²) in [6.07, 6.45) is 1.83. The second-order valence-electron chi connectivity index (χ2n) is 5.81. The zero-order chi connectivity index (χ0) is 17.1. The van der Waals surface area contributed by atoms with E-state index in [-0.39, 0.29) is 30.4 Å². The Kier molecular flexibility index (Phi) is 5.04. The minimum atomic E-state index is -0.884. The van der Waals surface area contributed by atoms with Crippen molar-refractivity contribution in [3.05, 3.63) is 57.8 Å². The fourth-order valence-electron chi connectivity index (χ4n) is 3.06. The van der Waals surface area contributed by atoms with Gasteiger partial charge in [0.2, 0.25) is 5.91 Å². The first-order valence-corrected chi connectivity index (χ1v) is 8.75. The van der Waals surface area contributed by atoms with Crippen molar-refractivity contribution >= 4 is 23.0 Å². The Morgan fingerprint density at radius 2 is 2.04 bits per heavy atom. The van der Waals surface area contributed by atoms with Gasteiger partial charge in [0.05, 0.1) is 11.6 Å². The third kappa shape index (κ3) is 3.53. The highest BCUT2D eigenvalue weighted by atomic mass is 32.1. The normalized spacial score (nSPS) is 17.2. The summed E-state index contributed by atoms with van der Waals surface area (Å²) >= 11 is 1.62. The number of thiophene rings is 1. The van der Waals surface area contributed by atoms with Crippen LogP contribution < -0.4 is 0 Å². The lowest BCUT2D eigenvalue weighted by molar-refractivity contribution is -0.132. The number of carbonyl (C=O) groups is 2. The average Bonchev–Trinajstić information content (AvgIpc) is 3.22. The van der Waals surface area contributed by atoms with Crippen LogP contribution in [0.1, 0.15) is 47.0 Å². The molecule has 1 amide bonds. The van der Waals surface area contributed by atoms with Gasteiger partial charge in [0.1, 0.15) is 11.6 Å². The number of amides is 1. The maximum absolute atomic E-state index is 13.6. The van der Waals surface area contributed by atoms with Gasteiger partial charge in [-0.2, -0.15) is 0 Å². The number of carbonyl (C=O) groups excluding carboxylic acids is 2. The van der Waals surface area contributed by atoms with Crippen molar-refractivity contribution in [2.24, 2.45) is 0 Å². The molecule has 1 aromatic heterocycles. The lowest BCUT2D eigenvalue weighted by Crippen LogP contribution is -2.30. The van der Waals surface area contributed by atoms with Crippen molar-refractivity contribution in [1.29, 1.82) is 0 Å². The van der Waals surface area contributed by atoms with Crippen molar-refractivity contribution < 1.29 is 18.4 Å². The number of hydrogen-bond donors (Lipinski definition) is 0. The molecule has 24 heavy (non-hydrogen) atoms. The van der Waals surface area contributed by atoms with E-state index in [1.807, 2.05) is 17.5 Å². The summed E-state index contributed by atoms with van der Waals surface area (Å²) in [5, 5.41) is 1.98. The summed E-state index contributed by atoms with van der Waals surface area (Å²) in [6.45, 7) is 0.681. The van der Waals surface area contributed by atoms with E-state index in [1.165, 1.54) is 0 Å². The van der Waals surface area contributed by atoms with Gasteiger partial charge in [-0.05, 0) is 36.4 Å². The number of ketones is 1. The van der Waals surface area contributed by atoms with Gasteiger partial charge in [-0.15, -0.1) is 11.3 Å². The molecule has 126 valence electrons. The van der Waals surface area contributed by atoms with Gasteiger partial charge < -0.3 is 4.90 Å². The molecule has 0 bridgehead atoms. The molecule has 0 spiro atoms. The Morgan fingerprint density at radius 3 is 2.75 bits per heavy atom. The quantitative estimate of drug-likeness (QED) is 0.753. The van der Waals surface area contributed by atoms with E-state index in [4.69, 9.17) is 0 Å². The Labute approximate surface area is 142 Å². The minimum absolute atomic E-state index is 0.0392. The second-order valence-corrected chi connectivity index (χ2v) is 6.79. The molecule has 1 aliphatic heterocycles. The Morgan fingerprint density at radius 1 is 1.21 bits per heavy atom. The smallest absolute Gasteiger partial charge is 0.223 e. The first kappa shape index (κ1) is 16.8. The molecule has 0 N–H and O–H groups in total. The lowest BCUT2D eigenvalue weighted by Gasteiger charge is -2.23. The molecule has 2 aromatic rings. The number of halogens is 2. The summed E-state index contributed by atoms with van der Waals surface area (Å²) < 4.78 is 26.5. The van der Waals surface area contributed by atoms with Gasteiger partial charge >= 0.3 is 0 Å². The first-order chi connectivity index (χ1) is 11.6. The molecular weight excluding hydrogens is 332 g/mol. The third-order valence-corrected chi connectivity index (χ3v) is 5.22. The molecule has 1 saturated heterocycles. The van der Waals surface area contributed by atoms with Crippen molar-refractivity contribution in [2.75, 3.05) is 6.54 Å². The van der Waals surface area contributed by atoms with Crippen LogP contribution >= 0.6 is 11.3 Å². The van der Waals surface area contributed by atoms with E-state index in [0.29, 0.717) is 12.6 Å². The van der Waals surface area contributed by atoms with Crippen LogP contribution in [0.3, 0.4) is 0 Å². The number of benzene rings is 1. The molecule has 1 aliphatic rings. The molecule has 1 atom stereocenters. The number of rotatable bonds is 5. The molecule has 0 aliphatic carbocycles. The summed E-state index contributed by atoms with van der Waals surface area (Å²) in [6, 6.07) is 6.91. The van der Waals surface area contributed by atoms with E-state index >= 15 is 0 Å². The van der Waals surface area contributed by atoms with Crippen LogP contribution in [0.15, 0.2) is 35.7 Å². The SMILES string of the molecule is O=C(CCC(=O)N1CCCC1c1cccs1)c1ccc(F)cc1F. The number of nitrogens with zero attached hydrogens (tertiary/aromatic N) is 1. The van der Waals surface area contributed by atoms with Crippen LogP contribution in [-0.2, 0) is 4.79 Å². The van der Waals surface area contributed by atoms with Gasteiger partial charge in [0.15, 0.2) is 5.78 Å². The highest BCUT2D eigenvalue weighted by molar-refractivity contribution is 7.10. The summed E-state index contributed by atoms with van der Waals surface area (Å²) in [5.41, 5.74) is -0.166. The van der Waals surface area contributed by atoms with E-state index in [9.17, 15) is 18.4 Å². The minimum Gasteiger partial charge on any atom is -0.335 e. The van der Waals surface area contributed by atoms with Crippen molar-refractivity contribution in [1.82, 2.24) is 4.90 Å². The zero-order valence-corrected chi connectivity index (χ0v) is 13.8. The second kappa shape index (κ2) is 7.21. The molecular formula is C18H17F2NO2S. The van der Waals surface area contributed by atoms with Crippen molar-refractivity contribution in [2.45, 2.75) is 31.7 Å². The average molecular weight is 349 g/mol. The number of Topliss-reactive ketones (excluding diaryl/α,β-unsaturated/α-hetero) is 1. The van der Waals surface area contributed by atoms with Gasteiger partial charge in [0, 0.05) is 30.3 Å². The highest BCUT2D eigenvalue weighted by Gasteiger charge is 2.30. The molecule has 3 rings (SSSR count). The predicted octanol–water partition coefficient (Wildman–Crippen LogP) is 4.35. The molecule has 1 unspecified atom stereocenters. The van der Waals surface area contributed by atoms with E-state index in [0.717, 1.165) is 29.9 Å². The fraction of sp³-hybridized carbons (Fsp3) is 0.333. The highest BCUT2D eigenvalue weighted by Crippen LogP contribution is 2.35. The molecule has 2 heterocycles. The Hall–Kier alpha value is -2.08. The Balaban J connectivity index is 1.61. The Bertz CT molecular complexity index is 745. The number of hydrogen-bond acceptors (Lipinski definition) is 3. The topological polar surface area (TPSA) is 37.4 Å². The molecule has 1 fully saturated rings. The predicted molar refractivity (Wildman–Crippen MR) is 87.9 cm³/mol. The summed E-state index contributed by atoms with van der Waals surface area (Å²) in [5.74, 6) is -2.18. The van der Waals surface area contributed by atoms with Gasteiger partial charge in [-0.1, -0.05) is 6.07 Å². The fourth-order valence-corrected chi connectivity index (χ4v) is 3.93. The maximum atomic E-state index is 13.6. The van der Waals surface area contributed by atoms with Crippen LogP contribution in [0.4, 0.5) is 8.78 Å². The van der Waals surface area contributed by atoms with Crippen LogP contribution in [0.5, 0.6) is 0 Å². The molecule has 6 heteroatoms. The standard InChI is InChI=1S/C18H17F2NO2S/c19-12-5-6-13(14(20)11-12)16(22)7-8-18(23)21-9-1-3-15(21)17-4-2-10-24-17/h2,4-6,10-11,15H,1,3,7-9H2. The lowest BCUT2D eigenvalue weighted by atomic mass is 10.1. The van der Waals surface area contributed by atoms with Gasteiger partial charge in [-0.25, -0.2) is 8.78 Å². The summed E-state index contributed by atoms with van der Waals surface area (Å²) in [4.78, 5) is 27.5. The molecule has 0 saturated carbocycles. The van der Waals surface area contributed by atoms with Crippen LogP contribution in [0, 0.1) is 11.6 Å². The van der Waals surface area contributed by atoms with Gasteiger partial charge in [-0.3, -0.25) is 9.59 Å². The molecule has 0 radical (unpaired) electrons. The molecule has 1 aromatic carbocycles. The monoisotopic (exact) mass is 349 g/mol. The van der Waals surface area contributed by atoms with Crippen molar-refractivity contribution in [3.8, 4) is 0 Å². The van der Waals surface area contributed by atoms with E-state index in [1.54, 1.807) is 16.2 Å². The van der Waals surface area contributed by atoms with Crippen LogP contribution in [0.25, 0.3) is 0 Å². The third-order valence-electron chi connectivity index (χ3n) is 4.24. The van der Waals surface area contributed by atoms with Crippen LogP contribution in [0.2, 0.25) is 0 Å². The zero-order valence-electron chi connectivity index (χ0n) is 13.0. The largest absolute Gasteiger partial charge is 0.335 e. The van der Waals surface area contributed by atoms with E-state index in [2.05, 4.69) is 0 Å². The van der Waals surface area contributed by atoms with Crippen molar-refractivity contribution in [3.63, 3.8) is 0 Å². The maximum Gasteiger partial charge on any atom is 0.223 e.